The first-order valence-corrected chi connectivity index (χ1v) is 9.56. The van der Waals surface area contributed by atoms with Gasteiger partial charge in [0.15, 0.2) is 0 Å². The van der Waals surface area contributed by atoms with Crippen LogP contribution in [0.15, 0.2) is 0 Å². The van der Waals surface area contributed by atoms with Crippen molar-refractivity contribution in [2.45, 2.75) is 50.2 Å². The molecule has 1 heterocycles. The van der Waals surface area contributed by atoms with Crippen LogP contribution >= 0.6 is 23.5 Å². The Morgan fingerprint density at radius 2 is 1.85 bits per heavy atom. The van der Waals surface area contributed by atoms with Crippen LogP contribution in [0.5, 0.6) is 0 Å². The molecule has 20 heavy (non-hydrogen) atoms. The number of hydrogen-bond acceptors (Lipinski definition) is 4. The van der Waals surface area contributed by atoms with Crippen molar-refractivity contribution in [2.24, 2.45) is 0 Å². The van der Waals surface area contributed by atoms with Crippen LogP contribution in [0.2, 0.25) is 0 Å². The van der Waals surface area contributed by atoms with Gasteiger partial charge in [-0.2, -0.15) is 23.5 Å². The number of carboxylic acid groups (broad SMARTS) is 1. The van der Waals surface area contributed by atoms with Gasteiger partial charge in [-0.05, 0) is 12.8 Å². The van der Waals surface area contributed by atoms with E-state index in [2.05, 4.69) is 5.32 Å². The number of thioether (sulfide) groups is 2. The molecule has 0 saturated carbocycles. The molecule has 1 saturated heterocycles. The highest BCUT2D eigenvalue weighted by molar-refractivity contribution is 8.06. The predicted molar refractivity (Wildman–Crippen MR) is 86.5 cm³/mol. The average Bonchev–Trinajstić information content (AvgIpc) is 2.42. The van der Waals surface area contributed by atoms with E-state index in [1.807, 2.05) is 23.5 Å². The van der Waals surface area contributed by atoms with Crippen LogP contribution in [-0.2, 0) is 9.59 Å². The van der Waals surface area contributed by atoms with Gasteiger partial charge in [0.25, 0.3) is 0 Å². The molecule has 2 N–H and O–H groups in total. The largest absolute Gasteiger partial charge is 0.481 e. The fourth-order valence-electron chi connectivity index (χ4n) is 2.09. The Labute approximate surface area is 129 Å². The number of nitrogens with one attached hydrogen (secondary N) is 1. The number of carboxylic acids is 1. The Balaban J connectivity index is 1.87. The third-order valence-corrected chi connectivity index (χ3v) is 6.03. The Morgan fingerprint density at radius 3 is 2.55 bits per heavy atom. The van der Waals surface area contributed by atoms with Gasteiger partial charge in [-0.15, -0.1) is 0 Å². The zero-order valence-electron chi connectivity index (χ0n) is 11.9. The number of hydrogen-bond donors (Lipinski definition) is 2. The summed E-state index contributed by atoms with van der Waals surface area (Å²) in [6.07, 6.45) is 5.76. The van der Waals surface area contributed by atoms with Crippen molar-refractivity contribution < 1.29 is 14.7 Å². The molecule has 0 aliphatic carbocycles. The van der Waals surface area contributed by atoms with Crippen molar-refractivity contribution in [1.82, 2.24) is 5.32 Å². The van der Waals surface area contributed by atoms with Gasteiger partial charge in [0.2, 0.25) is 5.91 Å². The van der Waals surface area contributed by atoms with Gasteiger partial charge >= 0.3 is 5.97 Å². The maximum Gasteiger partial charge on any atom is 0.303 e. The highest BCUT2D eigenvalue weighted by Crippen LogP contribution is 2.26. The van der Waals surface area contributed by atoms with Gasteiger partial charge in [0.05, 0.1) is 0 Å². The number of carbonyl (C=O) groups is 2. The van der Waals surface area contributed by atoms with E-state index in [4.69, 9.17) is 5.11 Å². The molecule has 0 aromatic carbocycles. The van der Waals surface area contributed by atoms with E-state index in [0.29, 0.717) is 11.7 Å². The summed E-state index contributed by atoms with van der Waals surface area (Å²) in [4.78, 5) is 22.0. The van der Waals surface area contributed by atoms with E-state index < -0.39 is 5.97 Å². The molecule has 1 aliphatic rings. The number of amides is 1. The van der Waals surface area contributed by atoms with E-state index in [-0.39, 0.29) is 12.3 Å². The lowest BCUT2D eigenvalue weighted by atomic mass is 10.1. The third kappa shape index (κ3) is 9.53. The zero-order valence-corrected chi connectivity index (χ0v) is 13.6. The normalized spacial score (nSPS) is 18.7. The molecule has 0 bridgehead atoms. The third-order valence-electron chi connectivity index (χ3n) is 3.19. The lowest BCUT2D eigenvalue weighted by molar-refractivity contribution is -0.137. The van der Waals surface area contributed by atoms with Gasteiger partial charge in [0.1, 0.15) is 0 Å². The Kier molecular flexibility index (Phi) is 10.0. The average molecular weight is 319 g/mol. The smallest absolute Gasteiger partial charge is 0.303 e. The van der Waals surface area contributed by atoms with E-state index in [9.17, 15) is 9.59 Å². The van der Waals surface area contributed by atoms with Gasteiger partial charge in [-0.1, -0.05) is 19.3 Å². The summed E-state index contributed by atoms with van der Waals surface area (Å²) < 4.78 is 0. The van der Waals surface area contributed by atoms with Gasteiger partial charge in [-0.25, -0.2) is 0 Å². The lowest BCUT2D eigenvalue weighted by Crippen LogP contribution is -2.29. The van der Waals surface area contributed by atoms with E-state index in [1.54, 1.807) is 0 Å². The number of aliphatic carboxylic acids is 1. The molecule has 1 atom stereocenters. The minimum atomic E-state index is -0.712. The first-order chi connectivity index (χ1) is 9.68. The second-order valence-electron chi connectivity index (χ2n) is 5.03. The lowest BCUT2D eigenvalue weighted by Gasteiger charge is -2.20. The van der Waals surface area contributed by atoms with Crippen LogP contribution in [0.3, 0.4) is 0 Å². The molecule has 1 unspecified atom stereocenters. The van der Waals surface area contributed by atoms with Gasteiger partial charge in [-0.3, -0.25) is 9.59 Å². The summed E-state index contributed by atoms with van der Waals surface area (Å²) in [5, 5.41) is 12.0. The van der Waals surface area contributed by atoms with Crippen LogP contribution in [0.25, 0.3) is 0 Å². The Bertz CT molecular complexity index is 294. The molecule has 1 fully saturated rings. The molecule has 116 valence electrons. The zero-order chi connectivity index (χ0) is 14.6. The monoisotopic (exact) mass is 319 g/mol. The number of rotatable bonds is 10. The van der Waals surface area contributed by atoms with Crippen molar-refractivity contribution >= 4 is 35.4 Å². The molecule has 0 radical (unpaired) electrons. The maximum absolute atomic E-state index is 11.7. The first-order valence-electron chi connectivity index (χ1n) is 7.36. The van der Waals surface area contributed by atoms with Crippen LogP contribution in [0, 0.1) is 0 Å². The summed E-state index contributed by atoms with van der Waals surface area (Å²) in [5.74, 6) is 2.94. The predicted octanol–water partition coefficient (Wildman–Crippen LogP) is 2.77. The van der Waals surface area contributed by atoms with Crippen LogP contribution in [0.1, 0.15) is 44.9 Å². The molecule has 1 amide bonds. The van der Waals surface area contributed by atoms with Crippen molar-refractivity contribution in [2.75, 3.05) is 23.8 Å². The van der Waals surface area contributed by atoms with E-state index in [0.717, 1.165) is 44.4 Å². The fraction of sp³-hybridized carbons (Fsp3) is 0.857. The molecule has 0 aromatic rings. The summed E-state index contributed by atoms with van der Waals surface area (Å²) in [7, 11) is 0. The fourth-order valence-corrected chi connectivity index (χ4v) is 4.77. The molecule has 0 aromatic heterocycles. The van der Waals surface area contributed by atoms with Gasteiger partial charge < -0.3 is 10.4 Å². The highest BCUT2D eigenvalue weighted by Gasteiger charge is 2.17. The van der Waals surface area contributed by atoms with E-state index in [1.165, 1.54) is 11.5 Å². The minimum absolute atomic E-state index is 0.177. The SMILES string of the molecule is O=C(O)CCCCCCCNC(=O)CC1CSCCS1. The Hall–Kier alpha value is -0.360. The molecule has 6 heteroatoms. The van der Waals surface area contributed by atoms with Crippen molar-refractivity contribution in [1.29, 1.82) is 0 Å². The standard InChI is InChI=1S/C14H25NO3S2/c16-13(10-12-11-19-8-9-20-12)15-7-5-3-1-2-4-6-14(17)18/h12H,1-11H2,(H,15,16)(H,17,18). The van der Waals surface area contributed by atoms with Crippen molar-refractivity contribution in [3.63, 3.8) is 0 Å². The van der Waals surface area contributed by atoms with Crippen molar-refractivity contribution in [3.8, 4) is 0 Å². The molecule has 4 nitrogen and oxygen atoms in total. The van der Waals surface area contributed by atoms with Crippen molar-refractivity contribution in [3.05, 3.63) is 0 Å². The second-order valence-corrected chi connectivity index (χ2v) is 7.59. The van der Waals surface area contributed by atoms with Gasteiger partial charge in [0, 0.05) is 41.9 Å². The maximum atomic E-state index is 11.7. The summed E-state index contributed by atoms with van der Waals surface area (Å²) in [5.41, 5.74) is 0. The highest BCUT2D eigenvalue weighted by atomic mass is 32.2. The van der Waals surface area contributed by atoms with E-state index >= 15 is 0 Å². The molecule has 1 rings (SSSR count). The molecular weight excluding hydrogens is 294 g/mol. The summed E-state index contributed by atoms with van der Waals surface area (Å²) >= 11 is 3.86. The first kappa shape index (κ1) is 17.7. The molecule has 0 spiro atoms. The molecule has 1 aliphatic heterocycles. The number of unbranched alkanes of at least 4 members (excludes halogenated alkanes) is 4. The molecular formula is C14H25NO3S2. The Morgan fingerprint density at radius 1 is 1.10 bits per heavy atom. The second kappa shape index (κ2) is 11.3. The minimum Gasteiger partial charge on any atom is -0.481 e. The quantitative estimate of drug-likeness (QED) is 0.606. The van der Waals surface area contributed by atoms with Crippen LogP contribution in [-0.4, -0.2) is 46.0 Å². The number of carbonyl (C=O) groups excluding carboxylic acids is 1. The summed E-state index contributed by atoms with van der Waals surface area (Å²) in [6, 6.07) is 0. The summed E-state index contributed by atoms with van der Waals surface area (Å²) in [6.45, 7) is 0.752. The van der Waals surface area contributed by atoms with Crippen LogP contribution in [0.4, 0.5) is 0 Å². The topological polar surface area (TPSA) is 66.4 Å². The van der Waals surface area contributed by atoms with Crippen LogP contribution < -0.4 is 5.32 Å².